The van der Waals surface area contributed by atoms with Crippen molar-refractivity contribution in [1.29, 1.82) is 0 Å². The number of carbonyl (C=O) groups excluding carboxylic acids is 2. The molecule has 0 radical (unpaired) electrons. The summed E-state index contributed by atoms with van der Waals surface area (Å²) in [4.78, 5) is 27.8. The summed E-state index contributed by atoms with van der Waals surface area (Å²) in [7, 11) is 3.45. The van der Waals surface area contributed by atoms with E-state index in [0.29, 0.717) is 18.2 Å². The number of urea groups is 1. The normalized spacial score (nSPS) is 18.7. The van der Waals surface area contributed by atoms with Crippen molar-refractivity contribution in [3.05, 3.63) is 5.01 Å². The van der Waals surface area contributed by atoms with Crippen LogP contribution in [0.15, 0.2) is 0 Å². The first-order chi connectivity index (χ1) is 10.7. The van der Waals surface area contributed by atoms with Gasteiger partial charge in [-0.15, -0.1) is 10.2 Å². The van der Waals surface area contributed by atoms with E-state index in [1.807, 2.05) is 0 Å². The third kappa shape index (κ3) is 4.40. The highest BCUT2D eigenvalue weighted by Crippen LogP contribution is 2.28. The highest BCUT2D eigenvalue weighted by Gasteiger charge is 2.30. The Morgan fingerprint density at radius 1 is 1.30 bits per heavy atom. The number of hydrogen-bond donors (Lipinski definition) is 1. The average Bonchev–Trinajstić information content (AvgIpc) is 2.95. The van der Waals surface area contributed by atoms with Gasteiger partial charge in [0.2, 0.25) is 11.0 Å². The van der Waals surface area contributed by atoms with Crippen LogP contribution >= 0.6 is 11.3 Å². The molecule has 1 aromatic rings. The van der Waals surface area contributed by atoms with Gasteiger partial charge in [0.1, 0.15) is 5.01 Å². The van der Waals surface area contributed by atoms with Crippen LogP contribution < -0.4 is 5.32 Å². The molecule has 1 fully saturated rings. The van der Waals surface area contributed by atoms with Gasteiger partial charge in [0, 0.05) is 32.6 Å². The van der Waals surface area contributed by atoms with Gasteiger partial charge in [-0.3, -0.25) is 4.79 Å². The Morgan fingerprint density at radius 3 is 2.57 bits per heavy atom. The lowest BCUT2D eigenvalue weighted by molar-refractivity contribution is -0.121. The maximum atomic E-state index is 12.4. The largest absolute Gasteiger partial charge is 0.331 e. The zero-order chi connectivity index (χ0) is 17.2. The summed E-state index contributed by atoms with van der Waals surface area (Å²) < 4.78 is 0. The summed E-state index contributed by atoms with van der Waals surface area (Å²) in [5.74, 6) is -0.285. The molecular weight excluding hydrogens is 314 g/mol. The molecule has 1 N–H and O–H groups in total. The Bertz CT molecular complexity index is 579. The number of aromatic nitrogens is 2. The Kier molecular flexibility index (Phi) is 5.23. The lowest BCUT2D eigenvalue weighted by atomic mass is 9.97. The molecule has 2 rings (SSSR count). The lowest BCUT2D eigenvalue weighted by Crippen LogP contribution is -2.47. The van der Waals surface area contributed by atoms with Crippen molar-refractivity contribution in [3.63, 3.8) is 0 Å². The van der Waals surface area contributed by atoms with Gasteiger partial charge in [0.25, 0.3) is 0 Å². The van der Waals surface area contributed by atoms with Crippen LogP contribution in [0, 0.1) is 5.92 Å². The molecule has 0 aliphatic carbocycles. The first-order valence-corrected chi connectivity index (χ1v) is 8.61. The molecule has 0 spiro atoms. The minimum absolute atomic E-state index is 0.0477. The van der Waals surface area contributed by atoms with Crippen molar-refractivity contribution in [3.8, 4) is 0 Å². The maximum Gasteiger partial charge on any atom is 0.319 e. The van der Waals surface area contributed by atoms with Crippen molar-refractivity contribution in [2.45, 2.75) is 39.0 Å². The molecule has 0 bridgehead atoms. The van der Waals surface area contributed by atoms with Crippen LogP contribution in [0.2, 0.25) is 0 Å². The van der Waals surface area contributed by atoms with Crippen molar-refractivity contribution >= 4 is 28.4 Å². The zero-order valence-electron chi connectivity index (χ0n) is 14.4. The van der Waals surface area contributed by atoms with Crippen LogP contribution in [0.4, 0.5) is 9.93 Å². The molecule has 1 saturated heterocycles. The van der Waals surface area contributed by atoms with E-state index in [2.05, 4.69) is 36.3 Å². The first kappa shape index (κ1) is 17.7. The van der Waals surface area contributed by atoms with Gasteiger partial charge in [-0.1, -0.05) is 32.1 Å². The quantitative estimate of drug-likeness (QED) is 0.895. The molecule has 2 heterocycles. The van der Waals surface area contributed by atoms with Crippen molar-refractivity contribution < 1.29 is 9.59 Å². The fourth-order valence-corrected chi connectivity index (χ4v) is 3.24. The van der Waals surface area contributed by atoms with E-state index >= 15 is 0 Å². The molecule has 1 aromatic heterocycles. The summed E-state index contributed by atoms with van der Waals surface area (Å²) >= 11 is 1.40. The van der Waals surface area contributed by atoms with Gasteiger partial charge in [-0.25, -0.2) is 4.79 Å². The number of nitrogens with zero attached hydrogens (tertiary/aromatic N) is 4. The molecule has 3 amide bonds. The molecule has 128 valence electrons. The van der Waals surface area contributed by atoms with E-state index in [0.717, 1.165) is 17.8 Å². The van der Waals surface area contributed by atoms with Crippen LogP contribution in [0.25, 0.3) is 0 Å². The predicted octanol–water partition coefficient (Wildman–Crippen LogP) is 2.17. The van der Waals surface area contributed by atoms with E-state index in [1.54, 1.807) is 23.9 Å². The van der Waals surface area contributed by atoms with Crippen molar-refractivity contribution in [1.82, 2.24) is 20.0 Å². The number of anilines is 1. The maximum absolute atomic E-state index is 12.4. The molecule has 23 heavy (non-hydrogen) atoms. The van der Waals surface area contributed by atoms with E-state index in [9.17, 15) is 9.59 Å². The Labute approximate surface area is 141 Å². The molecule has 0 unspecified atom stereocenters. The number of piperidine rings is 1. The second kappa shape index (κ2) is 6.82. The fourth-order valence-electron chi connectivity index (χ4n) is 2.43. The number of rotatable bonds is 2. The van der Waals surface area contributed by atoms with Crippen LogP contribution in [0.5, 0.6) is 0 Å². The van der Waals surface area contributed by atoms with Crippen LogP contribution in [-0.4, -0.2) is 59.1 Å². The summed E-state index contributed by atoms with van der Waals surface area (Å²) in [5, 5.41) is 12.4. The second-order valence-electron chi connectivity index (χ2n) is 7.11. The number of nitrogens with one attached hydrogen (secondary N) is 1. The van der Waals surface area contributed by atoms with Crippen molar-refractivity contribution in [2.75, 3.05) is 32.5 Å². The van der Waals surface area contributed by atoms with Crippen molar-refractivity contribution in [2.24, 2.45) is 5.92 Å². The Hall–Kier alpha value is -1.70. The van der Waals surface area contributed by atoms with E-state index < -0.39 is 0 Å². The standard InChI is InChI=1S/C15H25N5O2S/c1-15(2,3)12-17-18-13(23-12)16-11(21)10-7-6-8-20(9-10)14(22)19(4)5/h10H,6-9H2,1-5H3,(H,16,18,21)/t10-/m1/s1. The lowest BCUT2D eigenvalue weighted by Gasteiger charge is -2.33. The van der Waals surface area contributed by atoms with Gasteiger partial charge in [0.05, 0.1) is 5.92 Å². The zero-order valence-corrected chi connectivity index (χ0v) is 15.2. The van der Waals surface area contributed by atoms with E-state index in [1.165, 1.54) is 11.3 Å². The monoisotopic (exact) mass is 339 g/mol. The molecule has 1 aliphatic heterocycles. The molecule has 0 aromatic carbocycles. The van der Waals surface area contributed by atoms with E-state index in [4.69, 9.17) is 0 Å². The van der Waals surface area contributed by atoms with Gasteiger partial charge in [0.15, 0.2) is 0 Å². The fraction of sp³-hybridized carbons (Fsp3) is 0.733. The summed E-state index contributed by atoms with van der Waals surface area (Å²) in [6, 6.07) is -0.0477. The summed E-state index contributed by atoms with van der Waals surface area (Å²) in [6.07, 6.45) is 1.62. The third-order valence-electron chi connectivity index (χ3n) is 3.74. The van der Waals surface area contributed by atoms with Crippen LogP contribution in [0.1, 0.15) is 38.6 Å². The van der Waals surface area contributed by atoms with Gasteiger partial charge in [-0.05, 0) is 12.8 Å². The Morgan fingerprint density at radius 2 is 2.00 bits per heavy atom. The van der Waals surface area contributed by atoms with E-state index in [-0.39, 0.29) is 23.3 Å². The number of hydrogen-bond acceptors (Lipinski definition) is 5. The molecule has 7 nitrogen and oxygen atoms in total. The molecular formula is C15H25N5O2S. The topological polar surface area (TPSA) is 78.4 Å². The smallest absolute Gasteiger partial charge is 0.319 e. The SMILES string of the molecule is CN(C)C(=O)N1CCC[C@@H](C(=O)Nc2nnc(C(C)(C)C)s2)C1. The minimum atomic E-state index is -0.199. The minimum Gasteiger partial charge on any atom is -0.331 e. The van der Waals surface area contributed by atoms with Gasteiger partial charge in [-0.2, -0.15) is 0 Å². The Balaban J connectivity index is 1.97. The molecule has 0 saturated carbocycles. The van der Waals surface area contributed by atoms with Gasteiger partial charge >= 0.3 is 6.03 Å². The predicted molar refractivity (Wildman–Crippen MR) is 90.6 cm³/mol. The highest BCUT2D eigenvalue weighted by molar-refractivity contribution is 7.15. The second-order valence-corrected chi connectivity index (χ2v) is 8.09. The van der Waals surface area contributed by atoms with Gasteiger partial charge < -0.3 is 15.1 Å². The number of amides is 3. The average molecular weight is 339 g/mol. The molecule has 8 heteroatoms. The molecule has 1 atom stereocenters. The first-order valence-electron chi connectivity index (χ1n) is 7.79. The third-order valence-corrected chi connectivity index (χ3v) is 5.01. The summed E-state index contributed by atoms with van der Waals surface area (Å²) in [6.45, 7) is 7.34. The number of carbonyl (C=O) groups is 2. The van der Waals surface area contributed by atoms with Crippen LogP contribution in [0.3, 0.4) is 0 Å². The molecule has 1 aliphatic rings. The number of likely N-dealkylation sites (tertiary alicyclic amines) is 1. The summed E-state index contributed by atoms with van der Waals surface area (Å²) in [5.41, 5.74) is -0.0829. The highest BCUT2D eigenvalue weighted by atomic mass is 32.1. The van der Waals surface area contributed by atoms with Crippen LogP contribution in [-0.2, 0) is 10.2 Å².